The lowest BCUT2D eigenvalue weighted by atomic mass is 9.76. The van der Waals surface area contributed by atoms with Gasteiger partial charge >= 0.3 is 17.9 Å². The van der Waals surface area contributed by atoms with Gasteiger partial charge in [-0.1, -0.05) is 12.1 Å². The molecule has 0 aliphatic heterocycles. The van der Waals surface area contributed by atoms with Crippen molar-refractivity contribution in [3.05, 3.63) is 70.4 Å². The number of carbonyl (C=O) groups excluding carboxylic acids is 3. The summed E-state index contributed by atoms with van der Waals surface area (Å²) in [5.74, 6) is -3.26. The van der Waals surface area contributed by atoms with Crippen LogP contribution in [0.3, 0.4) is 0 Å². The lowest BCUT2D eigenvalue weighted by molar-refractivity contribution is -0.221. The molecule has 0 fully saturated rings. The molecule has 1 aromatic rings. The number of hydrogen-bond acceptors (Lipinski definition) is 11. The van der Waals surface area contributed by atoms with E-state index < -0.39 is 79.9 Å². The summed E-state index contributed by atoms with van der Waals surface area (Å²) in [5.41, 5.74) is -5.95. The number of ether oxygens (including phenoxy) is 3. The van der Waals surface area contributed by atoms with Crippen molar-refractivity contribution in [2.75, 3.05) is 0 Å². The third kappa shape index (κ3) is 3.46. The molecule has 3 aliphatic carbocycles. The molecule has 11 heteroatoms. The van der Waals surface area contributed by atoms with Gasteiger partial charge in [0, 0.05) is 36.9 Å². The van der Waals surface area contributed by atoms with Crippen molar-refractivity contribution in [2.24, 2.45) is 0 Å². The van der Waals surface area contributed by atoms with Crippen molar-refractivity contribution in [3.63, 3.8) is 0 Å². The highest BCUT2D eigenvalue weighted by Crippen LogP contribution is 2.47. The average molecular weight is 484 g/mol. The van der Waals surface area contributed by atoms with Gasteiger partial charge in [0.2, 0.25) is 5.43 Å². The van der Waals surface area contributed by atoms with E-state index in [1.807, 2.05) is 0 Å². The van der Waals surface area contributed by atoms with Crippen LogP contribution in [0.1, 0.15) is 51.0 Å². The van der Waals surface area contributed by atoms with E-state index in [-0.39, 0.29) is 16.3 Å². The van der Waals surface area contributed by atoms with Gasteiger partial charge in [-0.3, -0.25) is 28.8 Å². The molecule has 4 rings (SSSR count). The summed E-state index contributed by atoms with van der Waals surface area (Å²) in [5, 5.41) is 19.9. The lowest BCUT2D eigenvalue weighted by Crippen LogP contribution is -2.56. The molecule has 0 spiro atoms. The van der Waals surface area contributed by atoms with E-state index in [2.05, 4.69) is 0 Å². The van der Waals surface area contributed by atoms with E-state index in [0.717, 1.165) is 27.7 Å². The quantitative estimate of drug-likeness (QED) is 0.382. The van der Waals surface area contributed by atoms with Gasteiger partial charge in [-0.15, -0.1) is 0 Å². The third-order valence-corrected chi connectivity index (χ3v) is 6.05. The maximum absolute atomic E-state index is 13.6. The zero-order valence-corrected chi connectivity index (χ0v) is 19.0. The maximum atomic E-state index is 13.6. The van der Waals surface area contributed by atoms with E-state index in [1.165, 1.54) is 18.2 Å². The Hall–Kier alpha value is -4.12. The predicted molar refractivity (Wildman–Crippen MR) is 117 cm³/mol. The third-order valence-electron chi connectivity index (χ3n) is 6.05. The summed E-state index contributed by atoms with van der Waals surface area (Å²) >= 11 is 0. The van der Waals surface area contributed by atoms with E-state index in [9.17, 15) is 39.0 Å². The Balaban J connectivity index is 2.28. The molecule has 0 aromatic heterocycles. The number of aliphatic hydroxyl groups is 1. The van der Waals surface area contributed by atoms with Gasteiger partial charge in [-0.2, -0.15) is 0 Å². The van der Waals surface area contributed by atoms with Crippen molar-refractivity contribution in [1.82, 2.24) is 0 Å². The van der Waals surface area contributed by atoms with Crippen molar-refractivity contribution in [1.29, 1.82) is 0 Å². The zero-order valence-electron chi connectivity index (χ0n) is 19.0. The molecule has 0 heterocycles. The Bertz CT molecular complexity index is 1620. The van der Waals surface area contributed by atoms with Crippen LogP contribution in [0.2, 0.25) is 0 Å². The van der Waals surface area contributed by atoms with Crippen LogP contribution in [0, 0.1) is 10.4 Å². The number of phenols is 1. The van der Waals surface area contributed by atoms with Crippen LogP contribution in [0.4, 0.5) is 0 Å². The second-order valence-electron chi connectivity index (χ2n) is 8.54. The molecule has 0 saturated carbocycles. The van der Waals surface area contributed by atoms with Gasteiger partial charge in [-0.25, -0.2) is 0 Å². The molecule has 0 radical (unpaired) electrons. The van der Waals surface area contributed by atoms with Gasteiger partial charge in [0.1, 0.15) is 11.4 Å². The highest BCUT2D eigenvalue weighted by atomic mass is 16.6. The molecule has 0 unspecified atom stereocenters. The SMILES string of the molecule is CC(=O)O[C@@H]1c2c(c3c(=O)c4cccc(O)c4c(=O)c=3c2=O)[C@H](OC(C)=O)[C@@H](OC(C)=O)[C@]1(C)O. The van der Waals surface area contributed by atoms with Gasteiger partial charge < -0.3 is 24.4 Å². The summed E-state index contributed by atoms with van der Waals surface area (Å²) in [6.45, 7) is 4.14. The lowest BCUT2D eigenvalue weighted by Gasteiger charge is -2.44. The standard InChI is InChI=1S/C24H20O11/c1-8(25)33-21-15-14-16(19(30)13-11(18(14)29)6-5-7-12(13)28)20(31)17(15)22(34-9(2)26)24(4,32)23(21)35-10(3)27/h5-7,21-23,28,32H,1-4H3/t21-,22+,23+,24+/m0/s1. The molecule has 1 aromatic carbocycles. The molecule has 3 aliphatic rings. The first-order valence-electron chi connectivity index (χ1n) is 10.5. The first kappa shape index (κ1) is 24.0. The fourth-order valence-corrected chi connectivity index (χ4v) is 4.78. The van der Waals surface area contributed by atoms with Gasteiger partial charge in [0.15, 0.2) is 29.2 Å². The molecular formula is C24H20O11. The molecule has 35 heavy (non-hydrogen) atoms. The largest absolute Gasteiger partial charge is 0.507 e. The number of fused-ring (bicyclic) bond motifs is 3. The molecule has 0 bridgehead atoms. The molecule has 0 amide bonds. The second kappa shape index (κ2) is 7.98. The molecule has 4 atom stereocenters. The minimum Gasteiger partial charge on any atom is -0.507 e. The minimum absolute atomic E-state index is 0.206. The number of esters is 3. The van der Waals surface area contributed by atoms with E-state index >= 15 is 0 Å². The molecular weight excluding hydrogens is 464 g/mol. The number of hydrogen-bond donors (Lipinski definition) is 2. The highest BCUT2D eigenvalue weighted by Gasteiger charge is 2.58. The van der Waals surface area contributed by atoms with Crippen LogP contribution in [-0.4, -0.2) is 39.8 Å². The summed E-state index contributed by atoms with van der Waals surface area (Å²) in [6, 6.07) is 3.78. The summed E-state index contributed by atoms with van der Waals surface area (Å²) in [7, 11) is 0. The first-order valence-corrected chi connectivity index (χ1v) is 10.5. The Morgan fingerprint density at radius 3 is 2.00 bits per heavy atom. The number of phenolic OH excluding ortho intramolecular Hbond substituents is 1. The fraction of sp³-hybridized carbons (Fsp3) is 0.333. The number of rotatable bonds is 3. The fourth-order valence-electron chi connectivity index (χ4n) is 4.78. The molecule has 0 saturated heterocycles. The van der Waals surface area contributed by atoms with Crippen molar-refractivity contribution >= 4 is 28.7 Å². The summed E-state index contributed by atoms with van der Waals surface area (Å²) in [6.07, 6.45) is -5.21. The number of benzene rings is 1. The Morgan fingerprint density at radius 2 is 1.43 bits per heavy atom. The molecule has 2 N–H and O–H groups in total. The van der Waals surface area contributed by atoms with E-state index in [0.29, 0.717) is 0 Å². The Kier molecular flexibility index (Phi) is 5.48. The predicted octanol–water partition coefficient (Wildman–Crippen LogP) is 0.131. The van der Waals surface area contributed by atoms with Crippen molar-refractivity contribution < 1.29 is 38.8 Å². The zero-order chi connectivity index (χ0) is 26.0. The van der Waals surface area contributed by atoms with Crippen LogP contribution < -0.4 is 16.3 Å². The molecule has 11 nitrogen and oxygen atoms in total. The van der Waals surface area contributed by atoms with Crippen molar-refractivity contribution in [2.45, 2.75) is 51.6 Å². The maximum Gasteiger partial charge on any atom is 0.303 e. The number of aromatic hydroxyl groups is 1. The topological polar surface area (TPSA) is 171 Å². The van der Waals surface area contributed by atoms with Crippen LogP contribution in [0.5, 0.6) is 5.75 Å². The van der Waals surface area contributed by atoms with Crippen molar-refractivity contribution in [3.8, 4) is 5.75 Å². The van der Waals surface area contributed by atoms with Crippen LogP contribution in [0.25, 0.3) is 10.8 Å². The highest BCUT2D eigenvalue weighted by molar-refractivity contribution is 5.88. The van der Waals surface area contributed by atoms with E-state index in [1.54, 1.807) is 0 Å². The molecule has 182 valence electrons. The summed E-state index contributed by atoms with van der Waals surface area (Å²) < 4.78 is 15.8. The monoisotopic (exact) mass is 484 g/mol. The number of carbonyl (C=O) groups is 3. The van der Waals surface area contributed by atoms with Crippen LogP contribution >= 0.6 is 0 Å². The normalized spacial score (nSPS) is 23.6. The first-order chi connectivity index (χ1) is 16.3. The Morgan fingerprint density at radius 1 is 0.829 bits per heavy atom. The van der Waals surface area contributed by atoms with Crippen LogP contribution in [0.15, 0.2) is 32.6 Å². The summed E-state index contributed by atoms with van der Waals surface area (Å²) in [4.78, 5) is 76.2. The van der Waals surface area contributed by atoms with Gasteiger partial charge in [-0.05, 0) is 13.0 Å². The van der Waals surface area contributed by atoms with Crippen LogP contribution in [-0.2, 0) is 28.6 Å². The minimum atomic E-state index is -2.32. The average Bonchev–Trinajstić information content (AvgIpc) is 3.04. The van der Waals surface area contributed by atoms with E-state index in [4.69, 9.17) is 14.2 Å². The Labute approximate surface area is 195 Å². The smallest absolute Gasteiger partial charge is 0.303 e. The van der Waals surface area contributed by atoms with Gasteiger partial charge in [0.25, 0.3) is 0 Å². The second-order valence-corrected chi connectivity index (χ2v) is 8.54. The van der Waals surface area contributed by atoms with Gasteiger partial charge in [0.05, 0.1) is 16.2 Å².